The topological polar surface area (TPSA) is 55.1 Å². The minimum atomic E-state index is -0.617. The number of imidazole rings is 1. The van der Waals surface area contributed by atoms with Crippen LogP contribution in [0.3, 0.4) is 0 Å². The van der Waals surface area contributed by atoms with E-state index in [1.54, 1.807) is 6.20 Å². The Labute approximate surface area is 121 Å². The third kappa shape index (κ3) is 3.05. The van der Waals surface area contributed by atoms with Gasteiger partial charge in [0.15, 0.2) is 0 Å². The number of carboxylic acid groups (broad SMARTS) is 1. The summed E-state index contributed by atoms with van der Waals surface area (Å²) in [5.74, 6) is 1.72. The second-order valence-corrected chi connectivity index (χ2v) is 6.62. The SMILES string of the molecule is CC(C)C1CCC(CCc2nccn2C)(C(=O)O)CC1. The van der Waals surface area contributed by atoms with Crippen LogP contribution in [-0.2, 0) is 18.3 Å². The van der Waals surface area contributed by atoms with E-state index in [-0.39, 0.29) is 0 Å². The van der Waals surface area contributed by atoms with E-state index < -0.39 is 11.4 Å². The van der Waals surface area contributed by atoms with Crippen molar-refractivity contribution in [3.05, 3.63) is 18.2 Å². The highest BCUT2D eigenvalue weighted by atomic mass is 16.4. The highest BCUT2D eigenvalue weighted by molar-refractivity contribution is 5.74. The Kier molecular flexibility index (Phi) is 4.51. The maximum absolute atomic E-state index is 11.8. The Morgan fingerprint density at radius 2 is 2.15 bits per heavy atom. The second-order valence-electron chi connectivity index (χ2n) is 6.62. The number of hydrogen-bond donors (Lipinski definition) is 1. The summed E-state index contributed by atoms with van der Waals surface area (Å²) in [6.45, 7) is 4.48. The van der Waals surface area contributed by atoms with E-state index >= 15 is 0 Å². The lowest BCUT2D eigenvalue weighted by Crippen LogP contribution is -2.37. The van der Waals surface area contributed by atoms with Crippen LogP contribution in [0.1, 0.15) is 51.8 Å². The molecule has 1 aromatic heterocycles. The zero-order chi connectivity index (χ0) is 14.8. The Hall–Kier alpha value is -1.32. The van der Waals surface area contributed by atoms with Gasteiger partial charge in [0.1, 0.15) is 5.82 Å². The highest BCUT2D eigenvalue weighted by Crippen LogP contribution is 2.44. The van der Waals surface area contributed by atoms with E-state index in [0.717, 1.165) is 37.9 Å². The van der Waals surface area contributed by atoms with Gasteiger partial charge in [-0.05, 0) is 43.9 Å². The van der Waals surface area contributed by atoms with Crippen molar-refractivity contribution in [3.63, 3.8) is 0 Å². The smallest absolute Gasteiger partial charge is 0.309 e. The number of hydrogen-bond acceptors (Lipinski definition) is 2. The van der Waals surface area contributed by atoms with E-state index in [2.05, 4.69) is 18.8 Å². The van der Waals surface area contributed by atoms with Crippen molar-refractivity contribution in [2.24, 2.45) is 24.3 Å². The summed E-state index contributed by atoms with van der Waals surface area (Å²) in [7, 11) is 1.96. The minimum Gasteiger partial charge on any atom is -0.481 e. The predicted octanol–water partition coefficient (Wildman–Crippen LogP) is 3.27. The maximum atomic E-state index is 11.8. The van der Waals surface area contributed by atoms with Gasteiger partial charge in [-0.2, -0.15) is 0 Å². The molecule has 0 bridgehead atoms. The first-order valence-corrected chi connectivity index (χ1v) is 7.64. The van der Waals surface area contributed by atoms with Crippen LogP contribution in [0, 0.1) is 17.3 Å². The third-order valence-electron chi connectivity index (χ3n) is 5.13. The van der Waals surface area contributed by atoms with Gasteiger partial charge in [-0.3, -0.25) is 4.79 Å². The monoisotopic (exact) mass is 278 g/mol. The molecule has 0 spiro atoms. The van der Waals surface area contributed by atoms with Crippen LogP contribution in [0.5, 0.6) is 0 Å². The molecule has 0 amide bonds. The summed E-state index contributed by atoms with van der Waals surface area (Å²) < 4.78 is 1.98. The predicted molar refractivity (Wildman–Crippen MR) is 78.4 cm³/mol. The molecule has 0 aromatic carbocycles. The van der Waals surface area contributed by atoms with E-state index in [4.69, 9.17) is 0 Å². The van der Waals surface area contributed by atoms with Gasteiger partial charge in [0, 0.05) is 25.9 Å². The van der Waals surface area contributed by atoms with E-state index in [1.165, 1.54) is 0 Å². The zero-order valence-electron chi connectivity index (χ0n) is 12.8. The fourth-order valence-electron chi connectivity index (χ4n) is 3.42. The Bertz CT molecular complexity index is 457. The average molecular weight is 278 g/mol. The molecule has 0 radical (unpaired) electrons. The van der Waals surface area contributed by atoms with Crippen LogP contribution in [0.25, 0.3) is 0 Å². The van der Waals surface area contributed by atoms with Crippen molar-refractivity contribution >= 4 is 5.97 Å². The molecule has 2 rings (SSSR count). The molecule has 1 heterocycles. The minimum absolute atomic E-state index is 0.530. The molecule has 0 atom stereocenters. The van der Waals surface area contributed by atoms with Gasteiger partial charge in [0.2, 0.25) is 0 Å². The van der Waals surface area contributed by atoms with Gasteiger partial charge in [-0.15, -0.1) is 0 Å². The normalized spacial score (nSPS) is 26.9. The summed E-state index contributed by atoms with van der Waals surface area (Å²) in [6.07, 6.45) is 8.87. The van der Waals surface area contributed by atoms with Crippen molar-refractivity contribution in [2.45, 2.75) is 52.4 Å². The molecule has 1 aromatic rings. The molecule has 20 heavy (non-hydrogen) atoms. The highest BCUT2D eigenvalue weighted by Gasteiger charge is 2.42. The lowest BCUT2D eigenvalue weighted by Gasteiger charge is -2.38. The average Bonchev–Trinajstić information content (AvgIpc) is 2.82. The Balaban J connectivity index is 2.01. The molecule has 1 saturated carbocycles. The number of aryl methyl sites for hydroxylation is 2. The Morgan fingerprint density at radius 3 is 2.60 bits per heavy atom. The van der Waals surface area contributed by atoms with Crippen molar-refractivity contribution in [1.29, 1.82) is 0 Å². The van der Waals surface area contributed by atoms with Gasteiger partial charge in [-0.25, -0.2) is 4.98 Å². The van der Waals surface area contributed by atoms with Gasteiger partial charge in [0.05, 0.1) is 5.41 Å². The molecule has 0 aliphatic heterocycles. The quantitative estimate of drug-likeness (QED) is 0.899. The van der Waals surface area contributed by atoms with Crippen LogP contribution in [0.15, 0.2) is 12.4 Å². The van der Waals surface area contributed by atoms with Crippen molar-refractivity contribution in [2.75, 3.05) is 0 Å². The maximum Gasteiger partial charge on any atom is 0.309 e. The van der Waals surface area contributed by atoms with Gasteiger partial charge >= 0.3 is 5.97 Å². The first-order valence-electron chi connectivity index (χ1n) is 7.64. The first kappa shape index (κ1) is 15.1. The summed E-state index contributed by atoms with van der Waals surface area (Å²) in [5, 5.41) is 9.68. The number of nitrogens with zero attached hydrogens (tertiary/aromatic N) is 2. The molecule has 0 saturated heterocycles. The van der Waals surface area contributed by atoms with Gasteiger partial charge in [0.25, 0.3) is 0 Å². The number of aromatic nitrogens is 2. The molecular weight excluding hydrogens is 252 g/mol. The molecule has 112 valence electrons. The largest absolute Gasteiger partial charge is 0.481 e. The van der Waals surface area contributed by atoms with Crippen molar-refractivity contribution in [3.8, 4) is 0 Å². The standard InChI is InChI=1S/C16H26N2O2/c1-12(2)13-4-7-16(8-5-13,15(19)20)9-6-14-17-10-11-18(14)3/h10-13H,4-9H2,1-3H3,(H,19,20). The molecule has 4 nitrogen and oxygen atoms in total. The fourth-order valence-corrected chi connectivity index (χ4v) is 3.42. The third-order valence-corrected chi connectivity index (χ3v) is 5.13. The van der Waals surface area contributed by atoms with Crippen LogP contribution < -0.4 is 0 Å². The van der Waals surface area contributed by atoms with E-state index in [1.807, 2.05) is 17.8 Å². The number of rotatable bonds is 5. The van der Waals surface area contributed by atoms with Crippen molar-refractivity contribution in [1.82, 2.24) is 9.55 Å². The molecular formula is C16H26N2O2. The number of carbonyl (C=O) groups is 1. The summed E-state index contributed by atoms with van der Waals surface area (Å²) in [4.78, 5) is 16.1. The van der Waals surface area contributed by atoms with Crippen LogP contribution in [0.4, 0.5) is 0 Å². The summed E-state index contributed by atoms with van der Waals surface area (Å²) in [5.41, 5.74) is -0.530. The fraction of sp³-hybridized carbons (Fsp3) is 0.750. The molecule has 4 heteroatoms. The van der Waals surface area contributed by atoms with Crippen LogP contribution in [-0.4, -0.2) is 20.6 Å². The van der Waals surface area contributed by atoms with Crippen molar-refractivity contribution < 1.29 is 9.90 Å². The first-order chi connectivity index (χ1) is 9.44. The lowest BCUT2D eigenvalue weighted by molar-refractivity contribution is -0.152. The second kappa shape index (κ2) is 5.98. The molecule has 1 fully saturated rings. The lowest BCUT2D eigenvalue weighted by atomic mass is 9.66. The van der Waals surface area contributed by atoms with Gasteiger partial charge in [-0.1, -0.05) is 13.8 Å². The van der Waals surface area contributed by atoms with Gasteiger partial charge < -0.3 is 9.67 Å². The molecule has 1 aliphatic rings. The molecule has 1 N–H and O–H groups in total. The van der Waals surface area contributed by atoms with E-state index in [0.29, 0.717) is 18.3 Å². The summed E-state index contributed by atoms with van der Waals surface area (Å²) >= 11 is 0. The number of carboxylic acids is 1. The zero-order valence-corrected chi connectivity index (χ0v) is 12.8. The summed E-state index contributed by atoms with van der Waals surface area (Å²) in [6, 6.07) is 0. The molecule has 0 unspecified atom stereocenters. The Morgan fingerprint density at radius 1 is 1.50 bits per heavy atom. The number of aliphatic carboxylic acids is 1. The van der Waals surface area contributed by atoms with Crippen LogP contribution in [0.2, 0.25) is 0 Å². The molecule has 1 aliphatic carbocycles. The van der Waals surface area contributed by atoms with Crippen LogP contribution >= 0.6 is 0 Å². The van der Waals surface area contributed by atoms with E-state index in [9.17, 15) is 9.90 Å².